The highest BCUT2D eigenvalue weighted by Gasteiger charge is 2.14. The van der Waals surface area contributed by atoms with Gasteiger partial charge >= 0.3 is 0 Å². The molecule has 2 rings (SSSR count). The lowest BCUT2D eigenvalue weighted by Crippen LogP contribution is -2.32. The second kappa shape index (κ2) is 10.8. The minimum Gasteiger partial charge on any atom is -0.338 e. The molecule has 0 saturated heterocycles. The van der Waals surface area contributed by atoms with E-state index in [1.165, 1.54) is 4.88 Å². The molecule has 2 N–H and O–H groups in total. The predicted molar refractivity (Wildman–Crippen MR) is 103 cm³/mol. The Kier molecular flexibility index (Phi) is 9.48. The van der Waals surface area contributed by atoms with Gasteiger partial charge in [-0.1, -0.05) is 30.3 Å². The fourth-order valence-corrected chi connectivity index (χ4v) is 3.71. The summed E-state index contributed by atoms with van der Waals surface area (Å²) < 4.78 is 1.09. The van der Waals surface area contributed by atoms with Crippen molar-refractivity contribution in [2.24, 2.45) is 5.73 Å². The Morgan fingerprint density at radius 1 is 1.26 bits per heavy atom. The standard InChI is InChI=1S/C17H21BrN2OS.ClH/c18-15-11-16(22-13-15)7-8-17(21)20(10-4-9-19)12-14-5-2-1-3-6-14;/h1-3,5-6,11,13H,4,7-10,12,19H2;1H. The van der Waals surface area contributed by atoms with E-state index in [1.807, 2.05) is 23.1 Å². The molecule has 0 fully saturated rings. The number of hydrogen-bond donors (Lipinski definition) is 1. The molecule has 0 aliphatic carbocycles. The van der Waals surface area contributed by atoms with Crippen molar-refractivity contribution in [3.05, 3.63) is 56.7 Å². The Morgan fingerprint density at radius 2 is 2.00 bits per heavy atom. The number of thiophene rings is 1. The summed E-state index contributed by atoms with van der Waals surface area (Å²) in [5, 5.41) is 2.05. The van der Waals surface area contributed by atoms with Gasteiger partial charge in [0.2, 0.25) is 5.91 Å². The molecule has 0 bridgehead atoms. The molecule has 126 valence electrons. The molecule has 0 unspecified atom stereocenters. The number of carbonyl (C=O) groups excluding carboxylic acids is 1. The van der Waals surface area contributed by atoms with Crippen LogP contribution in [0.1, 0.15) is 23.3 Å². The van der Waals surface area contributed by atoms with Crippen molar-refractivity contribution < 1.29 is 4.79 Å². The van der Waals surface area contributed by atoms with Gasteiger partial charge in [0.1, 0.15) is 0 Å². The van der Waals surface area contributed by atoms with E-state index in [9.17, 15) is 4.79 Å². The zero-order valence-corrected chi connectivity index (χ0v) is 16.1. The number of amides is 1. The van der Waals surface area contributed by atoms with Crippen LogP contribution in [0.25, 0.3) is 0 Å². The zero-order valence-electron chi connectivity index (χ0n) is 12.9. The maximum atomic E-state index is 12.5. The Labute approximate surface area is 156 Å². The quantitative estimate of drug-likeness (QED) is 0.698. The van der Waals surface area contributed by atoms with Gasteiger partial charge in [-0.25, -0.2) is 0 Å². The lowest BCUT2D eigenvalue weighted by Gasteiger charge is -2.22. The molecule has 2 aromatic rings. The maximum Gasteiger partial charge on any atom is 0.223 e. The van der Waals surface area contributed by atoms with Crippen LogP contribution in [0.15, 0.2) is 46.3 Å². The third-order valence-electron chi connectivity index (χ3n) is 3.41. The van der Waals surface area contributed by atoms with Gasteiger partial charge in [-0.05, 0) is 46.9 Å². The number of aryl methyl sites for hydroxylation is 1. The fraction of sp³-hybridized carbons (Fsp3) is 0.353. The van der Waals surface area contributed by atoms with Crippen LogP contribution >= 0.6 is 39.7 Å². The van der Waals surface area contributed by atoms with Crippen molar-refractivity contribution in [2.45, 2.75) is 25.8 Å². The van der Waals surface area contributed by atoms with Crippen LogP contribution in [0.2, 0.25) is 0 Å². The smallest absolute Gasteiger partial charge is 0.223 e. The fourth-order valence-electron chi connectivity index (χ4n) is 2.25. The third-order valence-corrected chi connectivity index (χ3v) is 5.17. The van der Waals surface area contributed by atoms with Crippen LogP contribution < -0.4 is 5.73 Å². The van der Waals surface area contributed by atoms with E-state index < -0.39 is 0 Å². The molecule has 3 nitrogen and oxygen atoms in total. The Hall–Kier alpha value is -0.880. The van der Waals surface area contributed by atoms with Gasteiger partial charge in [0, 0.05) is 34.2 Å². The van der Waals surface area contributed by atoms with Gasteiger partial charge in [0.25, 0.3) is 0 Å². The van der Waals surface area contributed by atoms with Crippen molar-refractivity contribution in [3.63, 3.8) is 0 Å². The molecule has 0 saturated carbocycles. The van der Waals surface area contributed by atoms with E-state index in [2.05, 4.69) is 39.5 Å². The molecule has 1 heterocycles. The van der Waals surface area contributed by atoms with Crippen molar-refractivity contribution >= 4 is 45.6 Å². The molecular formula is C17H22BrClN2OS. The number of nitrogens with zero attached hydrogens (tertiary/aromatic N) is 1. The summed E-state index contributed by atoms with van der Waals surface area (Å²) in [6.45, 7) is 1.99. The van der Waals surface area contributed by atoms with Crippen LogP contribution in [0.5, 0.6) is 0 Å². The van der Waals surface area contributed by atoms with Gasteiger partial charge in [-0.2, -0.15) is 0 Å². The molecule has 1 aromatic heterocycles. The van der Waals surface area contributed by atoms with Crippen LogP contribution in [0.3, 0.4) is 0 Å². The molecular weight excluding hydrogens is 396 g/mol. The maximum absolute atomic E-state index is 12.5. The Morgan fingerprint density at radius 3 is 2.61 bits per heavy atom. The second-order valence-electron chi connectivity index (χ2n) is 5.17. The molecule has 0 aliphatic heterocycles. The van der Waals surface area contributed by atoms with Crippen LogP contribution in [-0.4, -0.2) is 23.9 Å². The van der Waals surface area contributed by atoms with Gasteiger partial charge in [-0.15, -0.1) is 23.7 Å². The van der Waals surface area contributed by atoms with E-state index in [4.69, 9.17) is 5.73 Å². The first-order chi connectivity index (χ1) is 10.7. The van der Waals surface area contributed by atoms with E-state index in [1.54, 1.807) is 11.3 Å². The summed E-state index contributed by atoms with van der Waals surface area (Å²) in [4.78, 5) is 15.7. The summed E-state index contributed by atoms with van der Waals surface area (Å²) in [5.41, 5.74) is 6.76. The van der Waals surface area contributed by atoms with Crippen LogP contribution in [0, 0.1) is 0 Å². The number of rotatable bonds is 8. The number of halogens is 2. The number of nitrogens with two attached hydrogens (primary N) is 1. The lowest BCUT2D eigenvalue weighted by atomic mass is 10.2. The average molecular weight is 418 g/mol. The minimum atomic E-state index is 0. The average Bonchev–Trinajstić information content (AvgIpc) is 2.95. The lowest BCUT2D eigenvalue weighted by molar-refractivity contribution is -0.131. The van der Waals surface area contributed by atoms with Gasteiger partial charge in [-0.3, -0.25) is 4.79 Å². The zero-order chi connectivity index (χ0) is 15.8. The highest BCUT2D eigenvalue weighted by atomic mass is 79.9. The minimum absolute atomic E-state index is 0. The third kappa shape index (κ3) is 7.04. The van der Waals surface area contributed by atoms with E-state index >= 15 is 0 Å². The Balaban J connectivity index is 0.00000264. The van der Waals surface area contributed by atoms with Crippen LogP contribution in [-0.2, 0) is 17.8 Å². The molecule has 0 spiro atoms. The molecule has 6 heteroatoms. The van der Waals surface area contributed by atoms with E-state index in [0.29, 0.717) is 19.5 Å². The number of hydrogen-bond acceptors (Lipinski definition) is 3. The highest BCUT2D eigenvalue weighted by Crippen LogP contribution is 2.21. The molecule has 0 atom stereocenters. The van der Waals surface area contributed by atoms with Crippen LogP contribution in [0.4, 0.5) is 0 Å². The molecule has 0 aliphatic rings. The first-order valence-corrected chi connectivity index (χ1v) is 9.11. The SMILES string of the molecule is Cl.NCCCN(Cc1ccccc1)C(=O)CCc1cc(Br)cs1. The van der Waals surface area contributed by atoms with Gasteiger partial charge in [0.15, 0.2) is 0 Å². The van der Waals surface area contributed by atoms with Crippen molar-refractivity contribution in [3.8, 4) is 0 Å². The summed E-state index contributed by atoms with van der Waals surface area (Å²) in [5.74, 6) is 0.196. The molecule has 23 heavy (non-hydrogen) atoms. The molecule has 0 radical (unpaired) electrons. The van der Waals surface area contributed by atoms with Crippen molar-refractivity contribution in [1.82, 2.24) is 4.90 Å². The topological polar surface area (TPSA) is 46.3 Å². The first kappa shape index (κ1) is 20.2. The molecule has 1 aromatic carbocycles. The van der Waals surface area contributed by atoms with E-state index in [0.717, 1.165) is 29.4 Å². The number of benzene rings is 1. The Bertz CT molecular complexity index is 591. The summed E-state index contributed by atoms with van der Waals surface area (Å²) in [6.07, 6.45) is 2.18. The highest BCUT2D eigenvalue weighted by molar-refractivity contribution is 9.10. The summed E-state index contributed by atoms with van der Waals surface area (Å²) in [7, 11) is 0. The summed E-state index contributed by atoms with van der Waals surface area (Å²) in [6, 6.07) is 12.2. The second-order valence-corrected chi connectivity index (χ2v) is 7.09. The van der Waals surface area contributed by atoms with E-state index in [-0.39, 0.29) is 18.3 Å². The number of carbonyl (C=O) groups is 1. The predicted octanol–water partition coefficient (Wildman–Crippen LogP) is 4.24. The largest absolute Gasteiger partial charge is 0.338 e. The first-order valence-electron chi connectivity index (χ1n) is 7.43. The van der Waals surface area contributed by atoms with Crippen molar-refractivity contribution in [1.29, 1.82) is 0 Å². The van der Waals surface area contributed by atoms with Crippen molar-refractivity contribution in [2.75, 3.05) is 13.1 Å². The van der Waals surface area contributed by atoms with Gasteiger partial charge < -0.3 is 10.6 Å². The monoisotopic (exact) mass is 416 g/mol. The molecule has 1 amide bonds. The summed E-state index contributed by atoms with van der Waals surface area (Å²) >= 11 is 5.14. The normalized spacial score (nSPS) is 10.2. The van der Waals surface area contributed by atoms with Gasteiger partial charge in [0.05, 0.1) is 0 Å².